The summed E-state index contributed by atoms with van der Waals surface area (Å²) >= 11 is 0. The van der Waals surface area contributed by atoms with Crippen LogP contribution in [0, 0.1) is 5.92 Å². The maximum Gasteiger partial charge on any atom is 0.305 e. The lowest BCUT2D eigenvalue weighted by Crippen LogP contribution is -2.37. The number of nitrogens with zero attached hydrogens (tertiary/aromatic N) is 1. The van der Waals surface area contributed by atoms with Crippen molar-refractivity contribution in [2.45, 2.75) is 38.9 Å². The van der Waals surface area contributed by atoms with Crippen LogP contribution < -0.4 is 0 Å². The van der Waals surface area contributed by atoms with Gasteiger partial charge in [-0.15, -0.1) is 6.58 Å². The number of esters is 1. The Balaban J connectivity index is 2.14. The molecule has 0 unspecified atom stereocenters. The fraction of sp³-hybridized carbons (Fsp3) is 0.348. The Morgan fingerprint density at radius 1 is 1.04 bits per heavy atom. The van der Waals surface area contributed by atoms with Crippen LogP contribution in [-0.4, -0.2) is 24.0 Å². The van der Waals surface area contributed by atoms with Crippen LogP contribution in [0.2, 0.25) is 0 Å². The minimum atomic E-state index is -0.165. The normalized spacial score (nSPS) is 13.2. The molecule has 2 aromatic rings. The lowest BCUT2D eigenvalue weighted by Gasteiger charge is -2.34. The zero-order valence-corrected chi connectivity index (χ0v) is 15.8. The molecule has 2 rings (SSSR count). The number of ether oxygens (including phenoxy) is 1. The highest BCUT2D eigenvalue weighted by Gasteiger charge is 2.22. The number of methoxy groups -OCH3 is 1. The van der Waals surface area contributed by atoms with Crippen LogP contribution in [-0.2, 0) is 22.6 Å². The van der Waals surface area contributed by atoms with E-state index in [1.807, 2.05) is 18.2 Å². The number of benzene rings is 2. The van der Waals surface area contributed by atoms with Crippen molar-refractivity contribution in [1.29, 1.82) is 0 Å². The summed E-state index contributed by atoms with van der Waals surface area (Å²) in [6.07, 6.45) is 3.13. The summed E-state index contributed by atoms with van der Waals surface area (Å²) in [5, 5.41) is 0. The standard InChI is InChI=1S/C23H29NO2/c1-4-22(15-16-23(25)26-3)19(2)24(17-20-11-7-5-8-12-20)18-21-13-9-6-10-14-21/h4-14,19,22H,1,15-18H2,2-3H3/t19-,22-/m0/s1. The predicted octanol–water partition coefficient (Wildman–Crippen LogP) is 4.83. The quantitative estimate of drug-likeness (QED) is 0.453. The van der Waals surface area contributed by atoms with Gasteiger partial charge < -0.3 is 4.74 Å². The SMILES string of the molecule is C=C[C@@H](CCC(=O)OC)[C@H](C)N(Cc1ccccc1)Cc1ccccc1. The predicted molar refractivity (Wildman–Crippen MR) is 107 cm³/mol. The van der Waals surface area contributed by atoms with Crippen molar-refractivity contribution in [1.82, 2.24) is 4.90 Å². The molecule has 0 saturated heterocycles. The number of hydrogen-bond donors (Lipinski definition) is 0. The Morgan fingerprint density at radius 3 is 1.96 bits per heavy atom. The van der Waals surface area contributed by atoms with Gasteiger partial charge in [0.2, 0.25) is 0 Å². The van der Waals surface area contributed by atoms with Crippen molar-refractivity contribution in [3.63, 3.8) is 0 Å². The smallest absolute Gasteiger partial charge is 0.305 e. The zero-order valence-electron chi connectivity index (χ0n) is 15.8. The summed E-state index contributed by atoms with van der Waals surface area (Å²) in [5.74, 6) is 0.0586. The molecule has 2 atom stereocenters. The van der Waals surface area contributed by atoms with Crippen molar-refractivity contribution in [3.8, 4) is 0 Å². The number of carbonyl (C=O) groups is 1. The molecule has 0 amide bonds. The number of rotatable bonds is 10. The highest BCUT2D eigenvalue weighted by molar-refractivity contribution is 5.69. The second-order valence-corrected chi connectivity index (χ2v) is 6.63. The largest absolute Gasteiger partial charge is 0.469 e. The second-order valence-electron chi connectivity index (χ2n) is 6.63. The van der Waals surface area contributed by atoms with Crippen LogP contribution in [0.3, 0.4) is 0 Å². The highest BCUT2D eigenvalue weighted by Crippen LogP contribution is 2.22. The Labute approximate surface area is 157 Å². The summed E-state index contributed by atoms with van der Waals surface area (Å²) < 4.78 is 4.79. The molecule has 0 bridgehead atoms. The van der Waals surface area contributed by atoms with Crippen LogP contribution in [0.15, 0.2) is 73.3 Å². The number of carbonyl (C=O) groups excluding carboxylic acids is 1. The highest BCUT2D eigenvalue weighted by atomic mass is 16.5. The first-order valence-electron chi connectivity index (χ1n) is 9.15. The summed E-state index contributed by atoms with van der Waals surface area (Å²) in [6, 6.07) is 21.2. The van der Waals surface area contributed by atoms with Crippen LogP contribution in [0.5, 0.6) is 0 Å². The van der Waals surface area contributed by atoms with Gasteiger partial charge in [0.1, 0.15) is 0 Å². The molecule has 3 nitrogen and oxygen atoms in total. The van der Waals surface area contributed by atoms with Crippen molar-refractivity contribution < 1.29 is 9.53 Å². The molecule has 0 aliphatic rings. The lowest BCUT2D eigenvalue weighted by atomic mass is 9.93. The van der Waals surface area contributed by atoms with E-state index in [-0.39, 0.29) is 17.9 Å². The van der Waals surface area contributed by atoms with Gasteiger partial charge in [0, 0.05) is 25.6 Å². The molecule has 0 aliphatic heterocycles. The molecule has 0 N–H and O–H groups in total. The van der Waals surface area contributed by atoms with Gasteiger partial charge in [-0.1, -0.05) is 66.7 Å². The average Bonchev–Trinajstić information content (AvgIpc) is 2.69. The van der Waals surface area contributed by atoms with Crippen molar-refractivity contribution >= 4 is 5.97 Å². The van der Waals surface area contributed by atoms with Gasteiger partial charge in [0.05, 0.1) is 7.11 Å². The van der Waals surface area contributed by atoms with Crippen LogP contribution >= 0.6 is 0 Å². The van der Waals surface area contributed by atoms with E-state index in [1.165, 1.54) is 18.2 Å². The first-order chi connectivity index (χ1) is 12.6. The topological polar surface area (TPSA) is 29.5 Å². The molecule has 0 radical (unpaired) electrons. The minimum Gasteiger partial charge on any atom is -0.469 e. The van der Waals surface area contributed by atoms with E-state index in [9.17, 15) is 4.79 Å². The summed E-state index contributed by atoms with van der Waals surface area (Å²) in [6.45, 7) is 7.94. The van der Waals surface area contributed by atoms with E-state index in [2.05, 4.69) is 66.9 Å². The van der Waals surface area contributed by atoms with Crippen molar-refractivity contribution in [2.75, 3.05) is 7.11 Å². The van der Waals surface area contributed by atoms with Crippen LogP contribution in [0.25, 0.3) is 0 Å². The Morgan fingerprint density at radius 2 is 1.54 bits per heavy atom. The second kappa shape index (κ2) is 10.6. The first kappa shape index (κ1) is 19.9. The molecule has 138 valence electrons. The average molecular weight is 351 g/mol. The van der Waals surface area contributed by atoms with Gasteiger partial charge in [0.25, 0.3) is 0 Å². The molecule has 0 spiro atoms. The van der Waals surface area contributed by atoms with Gasteiger partial charge in [-0.3, -0.25) is 9.69 Å². The maximum atomic E-state index is 11.5. The fourth-order valence-electron chi connectivity index (χ4n) is 3.19. The van der Waals surface area contributed by atoms with Gasteiger partial charge in [-0.05, 0) is 30.4 Å². The Bertz CT molecular complexity index is 628. The van der Waals surface area contributed by atoms with E-state index in [1.54, 1.807) is 0 Å². The van der Waals surface area contributed by atoms with Gasteiger partial charge in [-0.2, -0.15) is 0 Å². The third-order valence-corrected chi connectivity index (χ3v) is 4.86. The molecule has 0 saturated carbocycles. The Hall–Kier alpha value is -2.39. The molecule has 3 heteroatoms. The molecule has 0 aromatic heterocycles. The molecule has 0 fully saturated rings. The van der Waals surface area contributed by atoms with E-state index < -0.39 is 0 Å². The maximum absolute atomic E-state index is 11.5. The first-order valence-corrected chi connectivity index (χ1v) is 9.15. The lowest BCUT2D eigenvalue weighted by molar-refractivity contribution is -0.140. The van der Waals surface area contributed by atoms with Crippen LogP contribution in [0.4, 0.5) is 0 Å². The molecule has 2 aromatic carbocycles. The van der Waals surface area contributed by atoms with E-state index in [0.29, 0.717) is 6.42 Å². The summed E-state index contributed by atoms with van der Waals surface area (Å²) in [4.78, 5) is 14.0. The summed E-state index contributed by atoms with van der Waals surface area (Å²) in [7, 11) is 1.44. The van der Waals surface area contributed by atoms with Gasteiger partial charge >= 0.3 is 5.97 Å². The van der Waals surface area contributed by atoms with Gasteiger partial charge in [-0.25, -0.2) is 0 Å². The molecule has 0 aliphatic carbocycles. The minimum absolute atomic E-state index is 0.165. The monoisotopic (exact) mass is 351 g/mol. The van der Waals surface area contributed by atoms with E-state index >= 15 is 0 Å². The summed E-state index contributed by atoms with van der Waals surface area (Å²) in [5.41, 5.74) is 2.57. The third-order valence-electron chi connectivity index (χ3n) is 4.86. The fourth-order valence-corrected chi connectivity index (χ4v) is 3.19. The third kappa shape index (κ3) is 6.16. The van der Waals surface area contributed by atoms with E-state index in [4.69, 9.17) is 4.74 Å². The molecular weight excluding hydrogens is 322 g/mol. The zero-order chi connectivity index (χ0) is 18.8. The molecule has 0 heterocycles. The number of hydrogen-bond acceptors (Lipinski definition) is 3. The molecular formula is C23H29NO2. The Kier molecular flexibility index (Phi) is 8.10. The molecule has 26 heavy (non-hydrogen) atoms. The van der Waals surface area contributed by atoms with Crippen molar-refractivity contribution in [2.24, 2.45) is 5.92 Å². The van der Waals surface area contributed by atoms with Crippen molar-refractivity contribution in [3.05, 3.63) is 84.4 Å². The van der Waals surface area contributed by atoms with E-state index in [0.717, 1.165) is 19.5 Å². The van der Waals surface area contributed by atoms with Gasteiger partial charge in [0.15, 0.2) is 0 Å². The van der Waals surface area contributed by atoms with Crippen LogP contribution in [0.1, 0.15) is 30.9 Å².